The highest BCUT2D eigenvalue weighted by Gasteiger charge is 2.15. The lowest BCUT2D eigenvalue weighted by Crippen LogP contribution is -2.19. The van der Waals surface area contributed by atoms with Crippen molar-refractivity contribution < 1.29 is 0 Å². The van der Waals surface area contributed by atoms with E-state index in [0.29, 0.717) is 15.2 Å². The molecule has 100 valence electrons. The van der Waals surface area contributed by atoms with Gasteiger partial charge in [0.2, 0.25) is 0 Å². The zero-order valence-electron chi connectivity index (χ0n) is 10.4. The van der Waals surface area contributed by atoms with Gasteiger partial charge in [0, 0.05) is 12.2 Å². The molecule has 2 aromatic heterocycles. The first-order valence-corrected chi connectivity index (χ1v) is 7.96. The predicted octanol–water partition coefficient (Wildman–Crippen LogP) is 1.49. The summed E-state index contributed by atoms with van der Waals surface area (Å²) in [6.45, 7) is 3.74. The lowest BCUT2D eigenvalue weighted by molar-refractivity contribution is 0.754. The van der Waals surface area contributed by atoms with Crippen LogP contribution in [0.1, 0.15) is 30.6 Å². The minimum Gasteiger partial charge on any atom is -0.359 e. The summed E-state index contributed by atoms with van der Waals surface area (Å²) in [6, 6.07) is 0.565. The van der Waals surface area contributed by atoms with Crippen molar-refractivity contribution in [1.29, 1.82) is 0 Å². The Kier molecular flexibility index (Phi) is 3.52. The Morgan fingerprint density at radius 2 is 2.21 bits per heavy atom. The van der Waals surface area contributed by atoms with Gasteiger partial charge in [0.05, 0.1) is 14.1 Å². The summed E-state index contributed by atoms with van der Waals surface area (Å²) in [5.74, 6) is 0. The number of hydrogen-bond donors (Lipinski definition) is 2. The molecule has 0 spiro atoms. The Hall–Kier alpha value is -1.40. The van der Waals surface area contributed by atoms with Crippen molar-refractivity contribution in [2.45, 2.75) is 31.7 Å². The van der Waals surface area contributed by atoms with Crippen LogP contribution in [0.5, 0.6) is 0 Å². The maximum Gasteiger partial charge on any atom is 0.266 e. The lowest BCUT2D eigenvalue weighted by Gasteiger charge is -2.09. The molecule has 1 aliphatic rings. The van der Waals surface area contributed by atoms with Gasteiger partial charge < -0.3 is 10.3 Å². The topological polar surface area (TPSA) is 57.8 Å². The monoisotopic (exact) mass is 293 g/mol. The van der Waals surface area contributed by atoms with E-state index in [0.717, 1.165) is 10.0 Å². The molecule has 0 saturated heterocycles. The second-order valence-electron chi connectivity index (χ2n) is 4.68. The summed E-state index contributed by atoms with van der Waals surface area (Å²) >= 11 is 2.96. The molecule has 0 unspecified atom stereocenters. The standard InChI is InChI=1S/C13H15N3OS2/c1-8-15-12(17)11(18-8)6-10-7-14-13(19-10)16-9-4-2-3-5-9/h6-7,9H,1-5H2,(H,14,16)(H,15,17)/b11-6-. The number of nitrogens with zero attached hydrogens (tertiary/aromatic N) is 1. The first kappa shape index (κ1) is 12.6. The average molecular weight is 293 g/mol. The van der Waals surface area contributed by atoms with Gasteiger partial charge in [-0.3, -0.25) is 4.79 Å². The molecule has 6 heteroatoms. The average Bonchev–Trinajstić information content (AvgIpc) is 3.05. The van der Waals surface area contributed by atoms with E-state index in [2.05, 4.69) is 21.9 Å². The van der Waals surface area contributed by atoms with Crippen molar-refractivity contribution in [3.8, 4) is 0 Å². The van der Waals surface area contributed by atoms with Crippen LogP contribution < -0.4 is 20.1 Å². The maximum absolute atomic E-state index is 11.6. The molecule has 1 saturated carbocycles. The van der Waals surface area contributed by atoms with Crippen LogP contribution in [0.4, 0.5) is 5.13 Å². The van der Waals surface area contributed by atoms with Crippen molar-refractivity contribution in [2.75, 3.05) is 5.32 Å². The van der Waals surface area contributed by atoms with E-state index in [4.69, 9.17) is 0 Å². The molecule has 1 aliphatic carbocycles. The van der Waals surface area contributed by atoms with E-state index in [1.807, 2.05) is 12.3 Å². The van der Waals surface area contributed by atoms with Gasteiger partial charge in [-0.25, -0.2) is 4.98 Å². The Morgan fingerprint density at radius 1 is 1.42 bits per heavy atom. The highest BCUT2D eigenvalue weighted by atomic mass is 32.1. The van der Waals surface area contributed by atoms with Crippen LogP contribution in [0.3, 0.4) is 0 Å². The molecule has 0 radical (unpaired) electrons. The number of H-pyrrole nitrogens is 1. The number of hydrogen-bond acceptors (Lipinski definition) is 5. The molecule has 4 nitrogen and oxygen atoms in total. The smallest absolute Gasteiger partial charge is 0.266 e. The zero-order chi connectivity index (χ0) is 13.2. The highest BCUT2D eigenvalue weighted by Crippen LogP contribution is 2.25. The molecule has 0 aliphatic heterocycles. The third-order valence-corrected chi connectivity index (χ3v) is 4.94. The van der Waals surface area contributed by atoms with Crippen LogP contribution in [0.25, 0.3) is 12.7 Å². The van der Waals surface area contributed by atoms with Gasteiger partial charge in [-0.2, -0.15) is 0 Å². The summed E-state index contributed by atoms with van der Waals surface area (Å²) in [7, 11) is 0. The van der Waals surface area contributed by atoms with E-state index in [1.165, 1.54) is 37.0 Å². The SMILES string of the molecule is C=c1[nH]c(=O)/c(=C/c2cnc(NC3CCCC3)s2)s1. The molecule has 2 N–H and O–H groups in total. The molecule has 2 heterocycles. The molecule has 0 bridgehead atoms. The molecular weight excluding hydrogens is 278 g/mol. The molecule has 2 aromatic rings. The lowest BCUT2D eigenvalue weighted by atomic mass is 10.3. The number of aromatic nitrogens is 2. The molecular formula is C13H15N3OS2. The predicted molar refractivity (Wildman–Crippen MR) is 81.3 cm³/mol. The Morgan fingerprint density at radius 3 is 2.89 bits per heavy atom. The molecule has 0 amide bonds. The number of aromatic amines is 1. The van der Waals surface area contributed by atoms with Crippen LogP contribution >= 0.6 is 22.7 Å². The van der Waals surface area contributed by atoms with Crippen LogP contribution in [-0.4, -0.2) is 16.0 Å². The quantitative estimate of drug-likeness (QED) is 0.901. The van der Waals surface area contributed by atoms with E-state index in [1.54, 1.807) is 11.3 Å². The zero-order valence-corrected chi connectivity index (χ0v) is 12.1. The summed E-state index contributed by atoms with van der Waals surface area (Å²) < 4.78 is 1.37. The van der Waals surface area contributed by atoms with Gasteiger partial charge in [0.1, 0.15) is 0 Å². The normalized spacial score (nSPS) is 17.2. The molecule has 0 aromatic carbocycles. The van der Waals surface area contributed by atoms with Gasteiger partial charge in [-0.15, -0.1) is 11.3 Å². The largest absolute Gasteiger partial charge is 0.359 e. The molecule has 19 heavy (non-hydrogen) atoms. The van der Waals surface area contributed by atoms with Gasteiger partial charge in [-0.05, 0) is 18.9 Å². The van der Waals surface area contributed by atoms with Crippen molar-refractivity contribution in [3.63, 3.8) is 0 Å². The van der Waals surface area contributed by atoms with E-state index in [-0.39, 0.29) is 5.56 Å². The summed E-state index contributed by atoms with van der Waals surface area (Å²) in [6.07, 6.45) is 8.75. The molecule has 0 atom stereocenters. The number of thiazole rings is 2. The van der Waals surface area contributed by atoms with E-state index >= 15 is 0 Å². The fourth-order valence-corrected chi connectivity index (χ4v) is 3.93. The van der Waals surface area contributed by atoms with Crippen LogP contribution in [0, 0.1) is 0 Å². The maximum atomic E-state index is 11.6. The fourth-order valence-electron chi connectivity index (χ4n) is 2.28. The minimum absolute atomic E-state index is 0.0753. The fraction of sp³-hybridized carbons (Fsp3) is 0.385. The van der Waals surface area contributed by atoms with Crippen molar-refractivity contribution in [3.05, 3.63) is 30.6 Å². The Balaban J connectivity index is 1.81. The first-order chi connectivity index (χ1) is 9.20. The van der Waals surface area contributed by atoms with E-state index in [9.17, 15) is 4.79 Å². The number of rotatable bonds is 3. The van der Waals surface area contributed by atoms with Gasteiger partial charge in [-0.1, -0.05) is 30.8 Å². The highest BCUT2D eigenvalue weighted by molar-refractivity contribution is 7.16. The third-order valence-electron chi connectivity index (χ3n) is 3.19. The first-order valence-electron chi connectivity index (χ1n) is 6.33. The Bertz CT molecular complexity index is 722. The van der Waals surface area contributed by atoms with Gasteiger partial charge in [0.15, 0.2) is 5.13 Å². The molecule has 3 rings (SSSR count). The van der Waals surface area contributed by atoms with Crippen LogP contribution in [-0.2, 0) is 0 Å². The summed E-state index contributed by atoms with van der Waals surface area (Å²) in [4.78, 5) is 19.6. The number of nitrogens with one attached hydrogen (secondary N) is 2. The third kappa shape index (κ3) is 2.96. The molecule has 1 fully saturated rings. The van der Waals surface area contributed by atoms with Gasteiger partial charge in [0.25, 0.3) is 5.56 Å². The second-order valence-corrected chi connectivity index (χ2v) is 6.88. The number of anilines is 1. The van der Waals surface area contributed by atoms with Crippen molar-refractivity contribution >= 4 is 40.5 Å². The van der Waals surface area contributed by atoms with Crippen LogP contribution in [0.2, 0.25) is 0 Å². The van der Waals surface area contributed by atoms with Gasteiger partial charge >= 0.3 is 0 Å². The minimum atomic E-state index is -0.0753. The van der Waals surface area contributed by atoms with Crippen LogP contribution in [0.15, 0.2) is 11.0 Å². The summed E-state index contributed by atoms with van der Waals surface area (Å²) in [5.41, 5.74) is -0.0753. The summed E-state index contributed by atoms with van der Waals surface area (Å²) in [5, 5.41) is 4.40. The van der Waals surface area contributed by atoms with E-state index < -0.39 is 0 Å². The second kappa shape index (κ2) is 5.30. The van der Waals surface area contributed by atoms with Crippen molar-refractivity contribution in [2.24, 2.45) is 0 Å². The van der Waals surface area contributed by atoms with Crippen molar-refractivity contribution in [1.82, 2.24) is 9.97 Å². The Labute approximate surface area is 118 Å².